The fourth-order valence-electron chi connectivity index (χ4n) is 3.87. The van der Waals surface area contributed by atoms with Crippen molar-refractivity contribution in [2.24, 2.45) is 0 Å². The number of nitrogens with zero attached hydrogens (tertiary/aromatic N) is 3. The van der Waals surface area contributed by atoms with Crippen LogP contribution in [0.5, 0.6) is 0 Å². The zero-order valence-corrected chi connectivity index (χ0v) is 19.5. The minimum absolute atomic E-state index is 0.0334. The highest BCUT2D eigenvalue weighted by Gasteiger charge is 2.30. The van der Waals surface area contributed by atoms with Gasteiger partial charge in [0.15, 0.2) is 0 Å². The van der Waals surface area contributed by atoms with Crippen LogP contribution in [-0.4, -0.2) is 54.3 Å². The zero-order valence-electron chi connectivity index (χ0n) is 18.7. The lowest BCUT2D eigenvalue weighted by molar-refractivity contribution is 0.0698. The maximum Gasteiger partial charge on any atom is 0.253 e. The topological polar surface area (TPSA) is 62.6 Å². The largest absolute Gasteiger partial charge is 0.336 e. The minimum Gasteiger partial charge on any atom is -0.336 e. The van der Waals surface area contributed by atoms with Crippen LogP contribution in [0.4, 0.5) is 0 Å². The van der Waals surface area contributed by atoms with Crippen LogP contribution < -0.4 is 0 Å². The summed E-state index contributed by atoms with van der Waals surface area (Å²) in [6.45, 7) is 7.62. The second kappa shape index (κ2) is 8.56. The molecule has 32 heavy (non-hydrogen) atoms. The van der Waals surface area contributed by atoms with E-state index in [2.05, 4.69) is 20.8 Å². The Morgan fingerprint density at radius 1 is 0.812 bits per heavy atom. The third kappa shape index (κ3) is 4.49. The predicted molar refractivity (Wildman–Crippen MR) is 126 cm³/mol. The number of hydrogen-bond donors (Lipinski definition) is 0. The van der Waals surface area contributed by atoms with E-state index in [1.54, 1.807) is 17.0 Å². The highest BCUT2D eigenvalue weighted by atomic mass is 32.2. The Kier molecular flexibility index (Phi) is 5.97. The lowest BCUT2D eigenvalue weighted by atomic mass is 9.87. The summed E-state index contributed by atoms with van der Waals surface area (Å²) in [5, 5.41) is 0. The van der Waals surface area contributed by atoms with Crippen molar-refractivity contribution < 1.29 is 13.2 Å². The molecule has 7 heteroatoms. The van der Waals surface area contributed by atoms with Gasteiger partial charge in [-0.05, 0) is 59.5 Å². The molecular formula is C25H29N3O3S. The van der Waals surface area contributed by atoms with Crippen molar-refractivity contribution in [3.05, 3.63) is 84.2 Å². The van der Waals surface area contributed by atoms with E-state index < -0.39 is 10.0 Å². The molecule has 0 N–H and O–H groups in total. The number of amides is 1. The van der Waals surface area contributed by atoms with Gasteiger partial charge in [0.2, 0.25) is 10.0 Å². The summed E-state index contributed by atoms with van der Waals surface area (Å²) in [5.41, 5.74) is 2.65. The van der Waals surface area contributed by atoms with E-state index in [1.807, 2.05) is 65.5 Å². The normalized spacial score (nSPS) is 15.7. The summed E-state index contributed by atoms with van der Waals surface area (Å²) < 4.78 is 29.6. The van der Waals surface area contributed by atoms with Gasteiger partial charge in [0.1, 0.15) is 0 Å². The second-order valence-corrected chi connectivity index (χ2v) is 11.0. The number of benzene rings is 2. The molecule has 3 aromatic rings. The summed E-state index contributed by atoms with van der Waals surface area (Å²) in [6, 6.07) is 18.5. The van der Waals surface area contributed by atoms with E-state index in [-0.39, 0.29) is 24.4 Å². The Hall–Kier alpha value is -2.90. The van der Waals surface area contributed by atoms with Crippen LogP contribution in [0.1, 0.15) is 36.7 Å². The van der Waals surface area contributed by atoms with Crippen molar-refractivity contribution in [2.45, 2.75) is 31.1 Å². The SMILES string of the molecule is CC(C)(C)c1ccc(S(=O)(=O)N2CCN(C(=O)c3ccc(-n4cccc4)cc3)CC2)cc1. The van der Waals surface area contributed by atoms with Gasteiger partial charge in [0.25, 0.3) is 5.91 Å². The smallest absolute Gasteiger partial charge is 0.253 e. The Bertz CT molecular complexity index is 1170. The average Bonchev–Trinajstić information content (AvgIpc) is 3.33. The molecule has 2 heterocycles. The Balaban J connectivity index is 1.40. The molecular weight excluding hydrogens is 422 g/mol. The van der Waals surface area contributed by atoms with Gasteiger partial charge < -0.3 is 9.47 Å². The second-order valence-electron chi connectivity index (χ2n) is 9.11. The first kappa shape index (κ1) is 22.3. The standard InChI is InChI=1S/C25H29N3O3S/c1-25(2,3)21-8-12-23(13-9-21)32(30,31)28-18-16-27(17-19-28)24(29)20-6-10-22(11-7-20)26-14-4-5-15-26/h4-15H,16-19H2,1-3H3. The molecule has 1 aliphatic heterocycles. The van der Waals surface area contributed by atoms with E-state index in [0.717, 1.165) is 11.3 Å². The number of sulfonamides is 1. The lowest BCUT2D eigenvalue weighted by Crippen LogP contribution is -2.50. The van der Waals surface area contributed by atoms with Crippen LogP contribution in [0.15, 0.2) is 78.0 Å². The fraction of sp³-hybridized carbons (Fsp3) is 0.320. The molecule has 0 aliphatic carbocycles. The monoisotopic (exact) mass is 451 g/mol. The summed E-state index contributed by atoms with van der Waals surface area (Å²) in [4.78, 5) is 14.9. The van der Waals surface area contributed by atoms with Gasteiger partial charge in [-0.3, -0.25) is 4.79 Å². The van der Waals surface area contributed by atoms with Crippen LogP contribution >= 0.6 is 0 Å². The average molecular weight is 452 g/mol. The van der Waals surface area contributed by atoms with Crippen molar-refractivity contribution in [3.63, 3.8) is 0 Å². The van der Waals surface area contributed by atoms with E-state index in [1.165, 1.54) is 4.31 Å². The molecule has 1 fully saturated rings. The van der Waals surface area contributed by atoms with Gasteiger partial charge in [-0.25, -0.2) is 8.42 Å². The molecule has 0 spiro atoms. The molecule has 0 unspecified atom stereocenters. The zero-order chi connectivity index (χ0) is 22.9. The molecule has 168 valence electrons. The molecule has 1 aromatic heterocycles. The molecule has 0 saturated carbocycles. The van der Waals surface area contributed by atoms with Crippen molar-refractivity contribution in [3.8, 4) is 5.69 Å². The van der Waals surface area contributed by atoms with Crippen molar-refractivity contribution in [1.29, 1.82) is 0 Å². The molecule has 1 saturated heterocycles. The molecule has 1 amide bonds. The highest BCUT2D eigenvalue weighted by Crippen LogP contribution is 2.25. The molecule has 0 bridgehead atoms. The number of carbonyl (C=O) groups is 1. The van der Waals surface area contributed by atoms with E-state index in [9.17, 15) is 13.2 Å². The van der Waals surface area contributed by atoms with Crippen molar-refractivity contribution in [1.82, 2.24) is 13.8 Å². The van der Waals surface area contributed by atoms with Crippen molar-refractivity contribution >= 4 is 15.9 Å². The van der Waals surface area contributed by atoms with Crippen molar-refractivity contribution in [2.75, 3.05) is 26.2 Å². The van der Waals surface area contributed by atoms with Gasteiger partial charge in [0.05, 0.1) is 4.90 Å². The Morgan fingerprint density at radius 2 is 1.38 bits per heavy atom. The van der Waals surface area contributed by atoms with E-state index in [0.29, 0.717) is 23.5 Å². The Labute approximate surface area is 190 Å². The van der Waals surface area contributed by atoms with Gasteiger partial charge in [-0.2, -0.15) is 4.31 Å². The minimum atomic E-state index is -3.58. The van der Waals surface area contributed by atoms with Crippen LogP contribution in [0.3, 0.4) is 0 Å². The first-order chi connectivity index (χ1) is 15.2. The highest BCUT2D eigenvalue weighted by molar-refractivity contribution is 7.89. The number of rotatable bonds is 4. The van der Waals surface area contributed by atoms with E-state index >= 15 is 0 Å². The van der Waals surface area contributed by atoms with Crippen LogP contribution in [0.25, 0.3) is 5.69 Å². The third-order valence-corrected chi connectivity index (χ3v) is 7.81. The third-order valence-electron chi connectivity index (χ3n) is 5.90. The van der Waals surface area contributed by atoms with Crippen LogP contribution in [0.2, 0.25) is 0 Å². The van der Waals surface area contributed by atoms with Gasteiger partial charge in [-0.15, -0.1) is 0 Å². The first-order valence-corrected chi connectivity index (χ1v) is 12.2. The summed E-state index contributed by atoms with van der Waals surface area (Å²) in [6.07, 6.45) is 3.90. The molecule has 1 aliphatic rings. The number of hydrogen-bond acceptors (Lipinski definition) is 3. The van der Waals surface area contributed by atoms with Gasteiger partial charge in [0, 0.05) is 49.8 Å². The van der Waals surface area contributed by atoms with E-state index in [4.69, 9.17) is 0 Å². The predicted octanol–water partition coefficient (Wildman–Crippen LogP) is 3.92. The van der Waals surface area contributed by atoms with Crippen LogP contribution in [0, 0.1) is 0 Å². The maximum atomic E-state index is 13.1. The first-order valence-electron chi connectivity index (χ1n) is 10.8. The number of carbonyl (C=O) groups excluding carboxylic acids is 1. The fourth-order valence-corrected chi connectivity index (χ4v) is 5.30. The maximum absolute atomic E-state index is 13.1. The summed E-state index contributed by atoms with van der Waals surface area (Å²) in [5.74, 6) is -0.0735. The lowest BCUT2D eigenvalue weighted by Gasteiger charge is -2.34. The summed E-state index contributed by atoms with van der Waals surface area (Å²) in [7, 11) is -3.58. The molecule has 6 nitrogen and oxygen atoms in total. The van der Waals surface area contributed by atoms with Gasteiger partial charge in [-0.1, -0.05) is 32.9 Å². The quantitative estimate of drug-likeness (QED) is 0.604. The summed E-state index contributed by atoms with van der Waals surface area (Å²) >= 11 is 0. The molecule has 0 radical (unpaired) electrons. The Morgan fingerprint density at radius 3 is 1.91 bits per heavy atom. The van der Waals surface area contributed by atoms with Crippen LogP contribution in [-0.2, 0) is 15.4 Å². The van der Waals surface area contributed by atoms with Gasteiger partial charge >= 0.3 is 0 Å². The molecule has 0 atom stereocenters. The molecule has 2 aromatic carbocycles. The molecule has 4 rings (SSSR count). The number of piperazine rings is 1. The number of aromatic nitrogens is 1.